The van der Waals surface area contributed by atoms with E-state index in [-0.39, 0.29) is 5.82 Å². The summed E-state index contributed by atoms with van der Waals surface area (Å²) in [5.41, 5.74) is 5.59. The van der Waals surface area contributed by atoms with Crippen molar-refractivity contribution in [3.63, 3.8) is 0 Å². The quantitative estimate of drug-likeness (QED) is 0.0887. The zero-order valence-electron chi connectivity index (χ0n) is 54.9. The molecule has 0 spiro atoms. The number of methoxy groups -OCH3 is 1. The van der Waals surface area contributed by atoms with Crippen molar-refractivity contribution in [1.82, 2.24) is 34.8 Å². The molecule has 8 aromatic rings. The van der Waals surface area contributed by atoms with Crippen LogP contribution in [0.5, 0.6) is 0 Å². The second kappa shape index (κ2) is 35.0. The van der Waals surface area contributed by atoms with Crippen molar-refractivity contribution in [2.75, 3.05) is 184 Å². The minimum atomic E-state index is -0.181. The van der Waals surface area contributed by atoms with Crippen molar-refractivity contribution in [2.45, 2.75) is 84.3 Å². The molecule has 6 aromatic heterocycles. The van der Waals surface area contributed by atoms with E-state index in [1.165, 1.54) is 33.9 Å². The van der Waals surface area contributed by atoms with E-state index in [2.05, 4.69) is 148 Å². The third-order valence-electron chi connectivity index (χ3n) is 17.6. The molecule has 92 heavy (non-hydrogen) atoms. The zero-order valence-corrected chi connectivity index (χ0v) is 54.9. The van der Waals surface area contributed by atoms with Crippen LogP contribution in [0.4, 0.5) is 56.2 Å². The van der Waals surface area contributed by atoms with Crippen LogP contribution in [0.25, 0.3) is 21.7 Å². The number of piperidine rings is 3. The third kappa shape index (κ3) is 18.5. The van der Waals surface area contributed by atoms with Crippen LogP contribution in [0.3, 0.4) is 0 Å². The maximum Gasteiger partial charge on any atom is 0.138 e. The lowest BCUT2D eigenvalue weighted by Gasteiger charge is -2.36. The van der Waals surface area contributed by atoms with Crippen molar-refractivity contribution < 1.29 is 18.6 Å². The van der Waals surface area contributed by atoms with Crippen LogP contribution >= 0.6 is 0 Å². The van der Waals surface area contributed by atoms with Crippen molar-refractivity contribution in [1.29, 1.82) is 0 Å². The number of anilines is 9. The van der Waals surface area contributed by atoms with Crippen molar-refractivity contribution in [2.24, 2.45) is 0 Å². The van der Waals surface area contributed by atoms with E-state index in [0.29, 0.717) is 18.1 Å². The third-order valence-corrected chi connectivity index (χ3v) is 17.6. The van der Waals surface area contributed by atoms with Gasteiger partial charge in [0.05, 0.1) is 38.6 Å². The van der Waals surface area contributed by atoms with Gasteiger partial charge in [-0.1, -0.05) is 58.0 Å². The summed E-state index contributed by atoms with van der Waals surface area (Å²) in [6.07, 6.45) is 18.0. The average Bonchev–Trinajstić information content (AvgIpc) is 1.65. The smallest absolute Gasteiger partial charge is 0.138 e. The van der Waals surface area contributed by atoms with Crippen LogP contribution in [-0.4, -0.2) is 191 Å². The van der Waals surface area contributed by atoms with Gasteiger partial charge in [0.2, 0.25) is 0 Å². The number of aromatic nitrogens is 6. The molecule has 6 aliphatic rings. The molecule has 20 heteroatoms. The molecule has 3 unspecified atom stereocenters. The van der Waals surface area contributed by atoms with Crippen molar-refractivity contribution in [3.05, 3.63) is 152 Å². The molecule has 6 saturated heterocycles. The Morgan fingerprint density at radius 3 is 1.45 bits per heavy atom. The first-order chi connectivity index (χ1) is 45.4. The van der Waals surface area contributed by atoms with E-state index < -0.39 is 0 Å². The van der Waals surface area contributed by atoms with Gasteiger partial charge < -0.3 is 59.6 Å². The van der Waals surface area contributed by atoms with Gasteiger partial charge in [-0.3, -0.25) is 9.88 Å². The molecule has 19 nitrogen and oxygen atoms in total. The number of benzene rings is 2. The molecule has 12 heterocycles. The van der Waals surface area contributed by atoms with E-state index in [0.717, 1.165) is 215 Å². The van der Waals surface area contributed by atoms with Crippen molar-refractivity contribution >= 4 is 73.5 Å². The van der Waals surface area contributed by atoms with Crippen LogP contribution < -0.4 is 45.3 Å². The Labute approximate surface area is 544 Å². The highest BCUT2D eigenvalue weighted by Crippen LogP contribution is 2.31. The van der Waals surface area contributed by atoms with Gasteiger partial charge in [-0.25, -0.2) is 29.3 Å². The first-order valence-corrected chi connectivity index (χ1v) is 33.8. The number of nitrogens with zero attached hydrogens (tertiary/aromatic N) is 13. The van der Waals surface area contributed by atoms with Crippen LogP contribution in [0.2, 0.25) is 0 Å². The Balaban J connectivity index is 0.000000147. The fourth-order valence-corrected chi connectivity index (χ4v) is 13.0. The molecule has 6 fully saturated rings. The topological polar surface area (TPSA) is 164 Å². The SMILES string of the molecule is CC.CC.COCCN1CCN(c2ccnc(NC3CCCN(c4cccc(F)c4)C3)c2)CC1.c1ccc2c(N3CCCC(Nc4cc(N5CCOCC5)ccn4)C3)nccc2c1.c1cnc2ccnc(N3CCCC(Nc4cc(N5CCOCC5)ccn4)C3)c2c1. The van der Waals surface area contributed by atoms with Crippen molar-refractivity contribution in [3.8, 4) is 0 Å². The Bertz CT molecular complexity index is 3310. The summed E-state index contributed by atoms with van der Waals surface area (Å²) in [7, 11) is 1.76. The molecular formula is C72H97FN16O3. The Hall–Kier alpha value is -8.17. The van der Waals surface area contributed by atoms with E-state index in [1.807, 2.05) is 83.1 Å². The lowest BCUT2D eigenvalue weighted by atomic mass is 10.0. The molecule has 0 bridgehead atoms. The minimum absolute atomic E-state index is 0.181. The number of hydrogen-bond acceptors (Lipinski definition) is 19. The number of piperazine rings is 1. The second-order valence-corrected chi connectivity index (χ2v) is 23.5. The first-order valence-electron chi connectivity index (χ1n) is 33.8. The number of pyridine rings is 6. The van der Waals surface area contributed by atoms with Gasteiger partial charge in [0.15, 0.2) is 0 Å². The van der Waals surface area contributed by atoms with Crippen LogP contribution in [0.1, 0.15) is 66.2 Å². The van der Waals surface area contributed by atoms with Crippen LogP contribution in [0.15, 0.2) is 146 Å². The Morgan fingerprint density at radius 2 is 0.902 bits per heavy atom. The summed E-state index contributed by atoms with van der Waals surface area (Å²) < 4.78 is 29.7. The largest absolute Gasteiger partial charge is 0.383 e. The molecule has 0 aliphatic carbocycles. The van der Waals surface area contributed by atoms with E-state index in [4.69, 9.17) is 19.2 Å². The fourth-order valence-electron chi connectivity index (χ4n) is 13.0. The summed E-state index contributed by atoms with van der Waals surface area (Å²) in [4.78, 5) is 44.2. The van der Waals surface area contributed by atoms with Gasteiger partial charge in [0.25, 0.3) is 0 Å². The molecule has 2 aromatic carbocycles. The summed E-state index contributed by atoms with van der Waals surface area (Å²) in [5, 5.41) is 14.5. The highest BCUT2D eigenvalue weighted by atomic mass is 19.1. The number of nitrogens with one attached hydrogen (secondary N) is 3. The van der Waals surface area contributed by atoms with E-state index >= 15 is 0 Å². The van der Waals surface area contributed by atoms with E-state index in [1.54, 1.807) is 19.2 Å². The summed E-state index contributed by atoms with van der Waals surface area (Å²) >= 11 is 0. The predicted octanol–water partition coefficient (Wildman–Crippen LogP) is 11.6. The number of halogens is 1. The Morgan fingerprint density at radius 1 is 0.435 bits per heavy atom. The second-order valence-electron chi connectivity index (χ2n) is 23.5. The summed E-state index contributed by atoms with van der Waals surface area (Å²) in [6, 6.07) is 37.3. The first kappa shape index (κ1) is 66.7. The molecule has 14 rings (SSSR count). The monoisotopic (exact) mass is 1250 g/mol. The fraction of sp³-hybridized carbons (Fsp3) is 0.472. The lowest BCUT2D eigenvalue weighted by molar-refractivity contribution is 0.122. The minimum Gasteiger partial charge on any atom is -0.383 e. The number of ether oxygens (including phenoxy) is 3. The molecule has 490 valence electrons. The number of rotatable bonds is 15. The van der Waals surface area contributed by atoms with Gasteiger partial charge in [-0.15, -0.1) is 0 Å². The molecule has 0 radical (unpaired) electrons. The zero-order chi connectivity index (χ0) is 63.7. The van der Waals surface area contributed by atoms with Gasteiger partial charge in [-0.05, 0) is 105 Å². The maximum absolute atomic E-state index is 13.6. The van der Waals surface area contributed by atoms with Crippen LogP contribution in [-0.2, 0) is 14.2 Å². The predicted molar refractivity (Wildman–Crippen MR) is 376 cm³/mol. The number of morpholine rings is 2. The van der Waals surface area contributed by atoms with Gasteiger partial charge in [0, 0.05) is 212 Å². The van der Waals surface area contributed by atoms with Gasteiger partial charge in [0.1, 0.15) is 34.9 Å². The van der Waals surface area contributed by atoms with Crippen LogP contribution in [0, 0.1) is 5.82 Å². The molecule has 3 N–H and O–H groups in total. The molecule has 3 atom stereocenters. The normalized spacial score (nSPS) is 19.4. The average molecular weight is 1250 g/mol. The number of fused-ring (bicyclic) bond motifs is 2. The van der Waals surface area contributed by atoms with Gasteiger partial charge in [-0.2, -0.15) is 0 Å². The summed E-state index contributed by atoms with van der Waals surface area (Å²) in [6.45, 7) is 26.5. The molecule has 0 amide bonds. The Kier molecular flexibility index (Phi) is 25.4. The lowest BCUT2D eigenvalue weighted by Crippen LogP contribution is -2.47. The van der Waals surface area contributed by atoms with E-state index in [9.17, 15) is 4.39 Å². The summed E-state index contributed by atoms with van der Waals surface area (Å²) in [5.74, 6) is 4.74. The standard InChI is InChI=1S/C23H32FN5O.C23H27N5O.C22H26N6O.2C2H6/c1-30-15-14-27-10-12-28(13-11-27)22-7-8-25-23(17-22)26-20-5-3-9-29(18-20)21-6-2-4-19(24)16-21;1-2-6-21-18(4-1)7-9-25-23(21)28-11-3-5-19(17-28)26-22-16-20(8-10-24-22)27-12-14-29-15-13-27;1-4-19-20(23-7-1)6-9-25-22(19)28-10-2-3-17(16-28)26-21-15-18(5-8-24-21)27-11-13-29-14-12-27;2*1-2/h2,4,6-8,16-17,20H,3,5,9-15,18H2,1H3,(H,25,26);1-2,4,6-10,16,19H,3,5,11-15,17H2,(H,24,26);1,4-9,15,17H,2-3,10-14,16H2,(H,24,26);2*1-2H3. The molecular weight excluding hydrogens is 1160 g/mol. The molecule has 6 aliphatic heterocycles. The maximum atomic E-state index is 13.6. The highest BCUT2D eigenvalue weighted by molar-refractivity contribution is 5.92. The highest BCUT2D eigenvalue weighted by Gasteiger charge is 2.27. The number of hydrogen-bond donors (Lipinski definition) is 3. The van der Waals surface area contributed by atoms with Gasteiger partial charge >= 0.3 is 0 Å². The molecule has 0 saturated carbocycles.